The summed E-state index contributed by atoms with van der Waals surface area (Å²) in [5.41, 5.74) is 0. The SMILES string of the molecule is CCC[C@H](C(=O)NC)C(C)C. The Kier molecular flexibility index (Phi) is 4.92. The first-order chi connectivity index (χ1) is 5.13. The van der Waals surface area contributed by atoms with Crippen molar-refractivity contribution >= 4 is 5.91 Å². The molecule has 0 radical (unpaired) electrons. The van der Waals surface area contributed by atoms with Crippen LogP contribution >= 0.6 is 0 Å². The molecule has 0 spiro atoms. The van der Waals surface area contributed by atoms with Gasteiger partial charge in [-0.15, -0.1) is 0 Å². The van der Waals surface area contributed by atoms with Gasteiger partial charge >= 0.3 is 0 Å². The zero-order valence-electron chi connectivity index (χ0n) is 7.98. The lowest BCUT2D eigenvalue weighted by Crippen LogP contribution is -2.30. The Morgan fingerprint density at radius 3 is 2.27 bits per heavy atom. The lowest BCUT2D eigenvalue weighted by Gasteiger charge is -2.17. The lowest BCUT2D eigenvalue weighted by atomic mass is 9.91. The zero-order chi connectivity index (χ0) is 8.85. The van der Waals surface area contributed by atoms with Crippen molar-refractivity contribution in [2.24, 2.45) is 11.8 Å². The highest BCUT2D eigenvalue weighted by Crippen LogP contribution is 2.16. The summed E-state index contributed by atoms with van der Waals surface area (Å²) in [6.45, 7) is 6.30. The van der Waals surface area contributed by atoms with Crippen LogP contribution in [0.2, 0.25) is 0 Å². The molecule has 0 aromatic carbocycles. The van der Waals surface area contributed by atoms with Gasteiger partial charge in [-0.1, -0.05) is 27.2 Å². The van der Waals surface area contributed by atoms with Crippen LogP contribution in [0.5, 0.6) is 0 Å². The van der Waals surface area contributed by atoms with Crippen LogP contribution in [0.15, 0.2) is 0 Å². The quantitative estimate of drug-likeness (QED) is 0.662. The number of carbonyl (C=O) groups is 1. The molecule has 1 N–H and O–H groups in total. The second-order valence-corrected chi connectivity index (χ2v) is 3.25. The summed E-state index contributed by atoms with van der Waals surface area (Å²) in [4.78, 5) is 11.2. The van der Waals surface area contributed by atoms with E-state index in [0.717, 1.165) is 12.8 Å². The summed E-state index contributed by atoms with van der Waals surface area (Å²) in [7, 11) is 1.70. The summed E-state index contributed by atoms with van der Waals surface area (Å²) < 4.78 is 0. The minimum absolute atomic E-state index is 0.182. The van der Waals surface area contributed by atoms with Gasteiger partial charge in [-0.05, 0) is 12.3 Å². The predicted molar refractivity (Wildman–Crippen MR) is 47.3 cm³/mol. The molecule has 0 aliphatic rings. The highest BCUT2D eigenvalue weighted by atomic mass is 16.1. The second-order valence-electron chi connectivity index (χ2n) is 3.25. The molecule has 0 unspecified atom stereocenters. The molecular formula is C9H19NO. The third-order valence-electron chi connectivity index (χ3n) is 1.99. The standard InChI is InChI=1S/C9H19NO/c1-5-6-8(7(2)3)9(11)10-4/h7-8H,5-6H2,1-4H3,(H,10,11)/t8-/m0/s1. The average molecular weight is 157 g/mol. The van der Waals surface area contributed by atoms with Crippen molar-refractivity contribution < 1.29 is 4.79 Å². The van der Waals surface area contributed by atoms with E-state index in [9.17, 15) is 4.79 Å². The van der Waals surface area contributed by atoms with Crippen LogP contribution in [0.25, 0.3) is 0 Å². The average Bonchev–Trinajstić information content (AvgIpc) is 1.98. The molecule has 1 atom stereocenters. The van der Waals surface area contributed by atoms with Gasteiger partial charge in [0, 0.05) is 13.0 Å². The van der Waals surface area contributed by atoms with Crippen LogP contribution in [0, 0.1) is 11.8 Å². The van der Waals surface area contributed by atoms with Crippen LogP contribution < -0.4 is 5.32 Å². The van der Waals surface area contributed by atoms with Gasteiger partial charge in [0.2, 0.25) is 5.91 Å². The second kappa shape index (κ2) is 5.16. The smallest absolute Gasteiger partial charge is 0.223 e. The van der Waals surface area contributed by atoms with Crippen LogP contribution in [0.3, 0.4) is 0 Å². The molecule has 0 fully saturated rings. The predicted octanol–water partition coefficient (Wildman–Crippen LogP) is 1.80. The Hall–Kier alpha value is -0.530. The Balaban J connectivity index is 3.98. The van der Waals surface area contributed by atoms with Gasteiger partial charge in [-0.25, -0.2) is 0 Å². The lowest BCUT2D eigenvalue weighted by molar-refractivity contribution is -0.126. The monoisotopic (exact) mass is 157 g/mol. The van der Waals surface area contributed by atoms with Crippen molar-refractivity contribution in [3.63, 3.8) is 0 Å². The minimum Gasteiger partial charge on any atom is -0.359 e. The number of nitrogens with one attached hydrogen (secondary N) is 1. The number of hydrogen-bond acceptors (Lipinski definition) is 1. The third-order valence-corrected chi connectivity index (χ3v) is 1.99. The first kappa shape index (κ1) is 10.5. The topological polar surface area (TPSA) is 29.1 Å². The van der Waals surface area contributed by atoms with E-state index in [1.807, 2.05) is 0 Å². The molecule has 1 amide bonds. The minimum atomic E-state index is 0.182. The van der Waals surface area contributed by atoms with Gasteiger partial charge in [-0.3, -0.25) is 4.79 Å². The van der Waals surface area contributed by atoms with Crippen molar-refractivity contribution in [3.8, 4) is 0 Å². The Morgan fingerprint density at radius 2 is 2.00 bits per heavy atom. The molecule has 66 valence electrons. The van der Waals surface area contributed by atoms with E-state index >= 15 is 0 Å². The molecule has 0 aliphatic heterocycles. The van der Waals surface area contributed by atoms with E-state index in [1.165, 1.54) is 0 Å². The first-order valence-electron chi connectivity index (χ1n) is 4.35. The molecule has 0 heterocycles. The van der Waals surface area contributed by atoms with Crippen LogP contribution in [-0.2, 0) is 4.79 Å². The van der Waals surface area contributed by atoms with Crippen molar-refractivity contribution in [2.75, 3.05) is 7.05 Å². The summed E-state index contributed by atoms with van der Waals surface area (Å²) in [6, 6.07) is 0. The van der Waals surface area contributed by atoms with E-state index in [0.29, 0.717) is 5.92 Å². The van der Waals surface area contributed by atoms with Crippen LogP contribution in [0.4, 0.5) is 0 Å². The zero-order valence-corrected chi connectivity index (χ0v) is 7.98. The largest absolute Gasteiger partial charge is 0.359 e. The fourth-order valence-electron chi connectivity index (χ4n) is 1.26. The molecule has 0 saturated heterocycles. The van der Waals surface area contributed by atoms with Crippen molar-refractivity contribution in [1.82, 2.24) is 5.32 Å². The summed E-state index contributed by atoms with van der Waals surface area (Å²) >= 11 is 0. The molecule has 2 heteroatoms. The molecule has 2 nitrogen and oxygen atoms in total. The highest BCUT2D eigenvalue weighted by molar-refractivity contribution is 5.78. The van der Waals surface area contributed by atoms with Gasteiger partial charge in [0.25, 0.3) is 0 Å². The number of hydrogen-bond donors (Lipinski definition) is 1. The van der Waals surface area contributed by atoms with Crippen molar-refractivity contribution in [2.45, 2.75) is 33.6 Å². The maximum atomic E-state index is 11.2. The van der Waals surface area contributed by atoms with Gasteiger partial charge in [0.15, 0.2) is 0 Å². The summed E-state index contributed by atoms with van der Waals surface area (Å²) in [6.07, 6.45) is 2.08. The number of carbonyl (C=O) groups excluding carboxylic acids is 1. The van der Waals surface area contributed by atoms with E-state index in [4.69, 9.17) is 0 Å². The number of rotatable bonds is 4. The van der Waals surface area contributed by atoms with E-state index in [2.05, 4.69) is 26.1 Å². The van der Waals surface area contributed by atoms with Gasteiger partial charge in [0.1, 0.15) is 0 Å². The van der Waals surface area contributed by atoms with E-state index in [1.54, 1.807) is 7.05 Å². The molecule has 11 heavy (non-hydrogen) atoms. The molecule has 0 aromatic heterocycles. The maximum absolute atomic E-state index is 11.2. The van der Waals surface area contributed by atoms with E-state index in [-0.39, 0.29) is 11.8 Å². The molecule has 0 aromatic rings. The third kappa shape index (κ3) is 3.40. The van der Waals surface area contributed by atoms with Crippen molar-refractivity contribution in [3.05, 3.63) is 0 Å². The fourth-order valence-corrected chi connectivity index (χ4v) is 1.26. The van der Waals surface area contributed by atoms with Gasteiger partial charge < -0.3 is 5.32 Å². The maximum Gasteiger partial charge on any atom is 0.223 e. The summed E-state index contributed by atoms with van der Waals surface area (Å²) in [5, 5.41) is 2.69. The first-order valence-corrected chi connectivity index (χ1v) is 4.35. The Labute approximate surface area is 69.4 Å². The normalized spacial score (nSPS) is 13.2. The molecule has 0 saturated carbocycles. The van der Waals surface area contributed by atoms with Gasteiger partial charge in [0.05, 0.1) is 0 Å². The Morgan fingerprint density at radius 1 is 1.45 bits per heavy atom. The molecule has 0 aliphatic carbocycles. The number of amides is 1. The Bertz CT molecular complexity index is 121. The molecular weight excluding hydrogens is 138 g/mol. The van der Waals surface area contributed by atoms with Gasteiger partial charge in [-0.2, -0.15) is 0 Å². The molecule has 0 bridgehead atoms. The van der Waals surface area contributed by atoms with E-state index < -0.39 is 0 Å². The summed E-state index contributed by atoms with van der Waals surface area (Å²) in [5.74, 6) is 0.835. The highest BCUT2D eigenvalue weighted by Gasteiger charge is 2.19. The molecule has 0 rings (SSSR count). The van der Waals surface area contributed by atoms with Crippen LogP contribution in [0.1, 0.15) is 33.6 Å². The van der Waals surface area contributed by atoms with Crippen LogP contribution in [-0.4, -0.2) is 13.0 Å². The van der Waals surface area contributed by atoms with Crippen molar-refractivity contribution in [1.29, 1.82) is 0 Å². The fraction of sp³-hybridized carbons (Fsp3) is 0.889.